The van der Waals surface area contributed by atoms with Gasteiger partial charge in [0.25, 0.3) is 0 Å². The molecule has 1 aliphatic carbocycles. The van der Waals surface area contributed by atoms with Gasteiger partial charge in [-0.3, -0.25) is 0 Å². The molecule has 0 aliphatic heterocycles. The van der Waals surface area contributed by atoms with Gasteiger partial charge in [0.1, 0.15) is 17.4 Å². The van der Waals surface area contributed by atoms with Crippen molar-refractivity contribution >= 4 is 5.69 Å². The van der Waals surface area contributed by atoms with Gasteiger partial charge in [-0.25, -0.2) is 4.39 Å². The molecule has 0 amide bonds. The van der Waals surface area contributed by atoms with Gasteiger partial charge in [0.15, 0.2) is 0 Å². The number of halogens is 1. The van der Waals surface area contributed by atoms with Gasteiger partial charge in [-0.05, 0) is 24.5 Å². The normalized spacial score (nSPS) is 23.5. The van der Waals surface area contributed by atoms with Gasteiger partial charge in [0.2, 0.25) is 0 Å². The molecule has 4 heteroatoms. The maximum atomic E-state index is 13.6. The summed E-state index contributed by atoms with van der Waals surface area (Å²) in [5, 5.41) is 12.4. The molecule has 0 bridgehead atoms. The van der Waals surface area contributed by atoms with Crippen LogP contribution in [0.4, 0.5) is 10.1 Å². The minimum absolute atomic E-state index is 0.0338. The second-order valence-corrected chi connectivity index (χ2v) is 6.74. The SMILES string of the molecule is CC(C)COC1CC(Nc2cccc(F)c2C#N)C1(C)C. The number of benzene rings is 1. The first-order valence-electron chi connectivity index (χ1n) is 7.43. The lowest BCUT2D eigenvalue weighted by molar-refractivity contribution is -0.108. The number of rotatable bonds is 5. The molecule has 1 aromatic carbocycles. The smallest absolute Gasteiger partial charge is 0.143 e. The van der Waals surface area contributed by atoms with E-state index in [0.29, 0.717) is 11.6 Å². The van der Waals surface area contributed by atoms with Gasteiger partial charge in [0, 0.05) is 18.1 Å². The van der Waals surface area contributed by atoms with Gasteiger partial charge in [-0.2, -0.15) is 5.26 Å². The molecule has 114 valence electrons. The monoisotopic (exact) mass is 290 g/mol. The third-order valence-corrected chi connectivity index (χ3v) is 4.26. The number of hydrogen-bond donors (Lipinski definition) is 1. The Hall–Kier alpha value is -1.60. The summed E-state index contributed by atoms with van der Waals surface area (Å²) in [7, 11) is 0. The Morgan fingerprint density at radius 1 is 1.48 bits per heavy atom. The first kappa shape index (κ1) is 15.8. The largest absolute Gasteiger partial charge is 0.380 e. The van der Waals surface area contributed by atoms with Gasteiger partial charge in [0.05, 0.1) is 11.8 Å². The molecule has 3 nitrogen and oxygen atoms in total. The van der Waals surface area contributed by atoms with Crippen molar-refractivity contribution < 1.29 is 9.13 Å². The molecule has 1 aromatic rings. The Balaban J connectivity index is 2.03. The van der Waals surface area contributed by atoms with Crippen LogP contribution >= 0.6 is 0 Å². The zero-order chi connectivity index (χ0) is 15.6. The molecule has 0 saturated heterocycles. The van der Waals surface area contributed by atoms with Crippen molar-refractivity contribution in [3.63, 3.8) is 0 Å². The second kappa shape index (κ2) is 6.03. The molecule has 0 radical (unpaired) electrons. The van der Waals surface area contributed by atoms with Crippen LogP contribution in [0.2, 0.25) is 0 Å². The first-order valence-corrected chi connectivity index (χ1v) is 7.43. The lowest BCUT2D eigenvalue weighted by atomic mass is 9.64. The summed E-state index contributed by atoms with van der Waals surface area (Å²) in [6.07, 6.45) is 1.08. The molecule has 2 unspecified atom stereocenters. The molecule has 1 aliphatic rings. The van der Waals surface area contributed by atoms with Gasteiger partial charge in [-0.15, -0.1) is 0 Å². The third-order valence-electron chi connectivity index (χ3n) is 4.26. The fraction of sp³-hybridized carbons (Fsp3) is 0.588. The van der Waals surface area contributed by atoms with Crippen molar-refractivity contribution in [2.24, 2.45) is 11.3 Å². The summed E-state index contributed by atoms with van der Waals surface area (Å²) in [6, 6.07) is 6.79. The highest BCUT2D eigenvalue weighted by Gasteiger charge is 2.49. The maximum absolute atomic E-state index is 13.6. The predicted molar refractivity (Wildman–Crippen MR) is 81.5 cm³/mol. The summed E-state index contributed by atoms with van der Waals surface area (Å²) >= 11 is 0. The fourth-order valence-electron chi connectivity index (χ4n) is 2.67. The van der Waals surface area contributed by atoms with E-state index in [-0.39, 0.29) is 23.1 Å². The minimum Gasteiger partial charge on any atom is -0.380 e. The number of anilines is 1. The fourth-order valence-corrected chi connectivity index (χ4v) is 2.67. The van der Waals surface area contributed by atoms with Crippen LogP contribution in [-0.4, -0.2) is 18.8 Å². The minimum atomic E-state index is -0.479. The Morgan fingerprint density at radius 3 is 2.76 bits per heavy atom. The summed E-state index contributed by atoms with van der Waals surface area (Å²) in [6.45, 7) is 9.31. The topological polar surface area (TPSA) is 45.0 Å². The van der Waals surface area contributed by atoms with E-state index in [0.717, 1.165) is 13.0 Å². The van der Waals surface area contributed by atoms with Crippen LogP contribution in [-0.2, 0) is 4.74 Å². The van der Waals surface area contributed by atoms with E-state index >= 15 is 0 Å². The molecule has 1 saturated carbocycles. The number of hydrogen-bond acceptors (Lipinski definition) is 3. The molecule has 2 atom stereocenters. The van der Waals surface area contributed by atoms with E-state index in [1.807, 2.05) is 6.07 Å². The highest BCUT2D eigenvalue weighted by Crippen LogP contribution is 2.44. The standard InChI is InChI=1S/C17H23FN2O/c1-11(2)10-21-16-8-15(17(16,3)4)20-14-7-5-6-13(18)12(14)9-19/h5-7,11,15-16,20H,8,10H2,1-4H3. The van der Waals surface area contributed by atoms with Crippen LogP contribution in [0.3, 0.4) is 0 Å². The number of nitrogens with one attached hydrogen (secondary N) is 1. The molecule has 0 aromatic heterocycles. The van der Waals surface area contributed by atoms with Crippen molar-refractivity contribution in [2.45, 2.75) is 46.3 Å². The van der Waals surface area contributed by atoms with E-state index < -0.39 is 5.82 Å². The van der Waals surface area contributed by atoms with Crippen molar-refractivity contribution in [3.05, 3.63) is 29.6 Å². The van der Waals surface area contributed by atoms with E-state index in [9.17, 15) is 4.39 Å². The average molecular weight is 290 g/mol. The van der Waals surface area contributed by atoms with Crippen LogP contribution in [0.1, 0.15) is 39.7 Å². The third kappa shape index (κ3) is 3.19. The quantitative estimate of drug-likeness (QED) is 0.893. The number of ether oxygens (including phenoxy) is 1. The van der Waals surface area contributed by atoms with Crippen molar-refractivity contribution in [1.82, 2.24) is 0 Å². The molecular formula is C17H23FN2O. The molecule has 0 heterocycles. The summed E-state index contributed by atoms with van der Waals surface area (Å²) in [4.78, 5) is 0. The lowest BCUT2D eigenvalue weighted by Crippen LogP contribution is -2.58. The number of nitrogens with zero attached hydrogens (tertiary/aromatic N) is 1. The van der Waals surface area contributed by atoms with Crippen LogP contribution in [0, 0.1) is 28.5 Å². The van der Waals surface area contributed by atoms with Crippen molar-refractivity contribution in [1.29, 1.82) is 5.26 Å². The predicted octanol–water partition coefficient (Wildman–Crippen LogP) is 3.95. The van der Waals surface area contributed by atoms with Crippen molar-refractivity contribution in [2.75, 3.05) is 11.9 Å². The molecular weight excluding hydrogens is 267 g/mol. The van der Waals surface area contributed by atoms with E-state index in [1.165, 1.54) is 6.07 Å². The van der Waals surface area contributed by atoms with E-state index in [2.05, 4.69) is 33.0 Å². The van der Waals surface area contributed by atoms with Crippen molar-refractivity contribution in [3.8, 4) is 6.07 Å². The van der Waals surface area contributed by atoms with Gasteiger partial charge in [-0.1, -0.05) is 33.8 Å². The van der Waals surface area contributed by atoms with Crippen LogP contribution in [0.25, 0.3) is 0 Å². The summed E-state index contributed by atoms with van der Waals surface area (Å²) in [5.41, 5.74) is 0.617. The molecule has 21 heavy (non-hydrogen) atoms. The number of nitriles is 1. The van der Waals surface area contributed by atoms with Gasteiger partial charge < -0.3 is 10.1 Å². The molecule has 0 spiro atoms. The first-order chi connectivity index (χ1) is 9.86. The Labute approximate surface area is 126 Å². The average Bonchev–Trinajstić information content (AvgIpc) is 2.41. The van der Waals surface area contributed by atoms with Crippen LogP contribution in [0.15, 0.2) is 18.2 Å². The highest BCUT2D eigenvalue weighted by atomic mass is 19.1. The van der Waals surface area contributed by atoms with Crippen LogP contribution < -0.4 is 5.32 Å². The molecule has 1 fully saturated rings. The van der Waals surface area contributed by atoms with E-state index in [1.54, 1.807) is 12.1 Å². The van der Waals surface area contributed by atoms with Gasteiger partial charge >= 0.3 is 0 Å². The Morgan fingerprint density at radius 2 is 2.19 bits per heavy atom. The Bertz CT molecular complexity index is 548. The maximum Gasteiger partial charge on any atom is 0.143 e. The lowest BCUT2D eigenvalue weighted by Gasteiger charge is -2.52. The zero-order valence-corrected chi connectivity index (χ0v) is 13.1. The van der Waals surface area contributed by atoms with Crippen LogP contribution in [0.5, 0.6) is 0 Å². The zero-order valence-electron chi connectivity index (χ0n) is 13.1. The summed E-state index contributed by atoms with van der Waals surface area (Å²) < 4.78 is 19.5. The molecule has 1 N–H and O–H groups in total. The Kier molecular flexibility index (Phi) is 4.53. The van der Waals surface area contributed by atoms with E-state index in [4.69, 9.17) is 10.00 Å². The molecule has 2 rings (SSSR count). The summed E-state index contributed by atoms with van der Waals surface area (Å²) in [5.74, 6) is 0.0356. The second-order valence-electron chi connectivity index (χ2n) is 6.74. The highest BCUT2D eigenvalue weighted by molar-refractivity contribution is 5.59.